The number of hydrogen-bond donors (Lipinski definition) is 0. The molecule has 0 saturated carbocycles. The quantitative estimate of drug-likeness (QED) is 0.478. The van der Waals surface area contributed by atoms with Crippen LogP contribution in [0.1, 0.15) is 11.1 Å². The molecule has 4 heteroatoms. The molecule has 0 saturated heterocycles. The predicted octanol–water partition coefficient (Wildman–Crippen LogP) is 5.37. The zero-order chi connectivity index (χ0) is 16.8. The summed E-state index contributed by atoms with van der Waals surface area (Å²) in [6.07, 6.45) is 0. The molecule has 116 valence electrons. The molecule has 0 fully saturated rings. The van der Waals surface area contributed by atoms with Crippen molar-refractivity contribution in [3.63, 3.8) is 0 Å². The Kier molecular flexibility index (Phi) is 4.90. The molecule has 0 bridgehead atoms. The molecule has 3 nitrogen and oxygen atoms in total. The lowest BCUT2D eigenvalue weighted by Gasteiger charge is -2.10. The van der Waals surface area contributed by atoms with E-state index >= 15 is 0 Å². The van der Waals surface area contributed by atoms with E-state index in [0.29, 0.717) is 22.2 Å². The summed E-state index contributed by atoms with van der Waals surface area (Å²) < 4.78 is 5.94. The molecule has 3 aromatic rings. The number of nitriles is 1. The predicted molar refractivity (Wildman–Crippen MR) is 95.9 cm³/mol. The number of halogens is 1. The Morgan fingerprint density at radius 2 is 1.54 bits per heavy atom. The fraction of sp³-hybridized carbons (Fsp3) is 0. The van der Waals surface area contributed by atoms with Crippen molar-refractivity contribution in [1.82, 2.24) is 0 Å². The van der Waals surface area contributed by atoms with E-state index in [1.807, 2.05) is 42.5 Å². The highest BCUT2D eigenvalue weighted by molar-refractivity contribution is 6.30. The molecule has 0 aliphatic carbocycles. The van der Waals surface area contributed by atoms with Gasteiger partial charge in [0.15, 0.2) is 0 Å². The largest absolute Gasteiger partial charge is 0.438 e. The molecule has 0 radical (unpaired) electrons. The van der Waals surface area contributed by atoms with Crippen LogP contribution in [0.4, 0.5) is 5.69 Å². The smallest absolute Gasteiger partial charge is 0.227 e. The summed E-state index contributed by atoms with van der Waals surface area (Å²) >= 11 is 5.96. The van der Waals surface area contributed by atoms with E-state index in [2.05, 4.69) is 11.1 Å². The number of aliphatic imine (C=N–C) groups is 1. The first-order valence-corrected chi connectivity index (χ1v) is 7.70. The molecule has 0 N–H and O–H groups in total. The Balaban J connectivity index is 1.96. The second-order valence-electron chi connectivity index (χ2n) is 5.00. The second kappa shape index (κ2) is 7.45. The lowest BCUT2D eigenvalue weighted by Crippen LogP contribution is -2.10. The summed E-state index contributed by atoms with van der Waals surface area (Å²) in [5.74, 6) is 1.07. The summed E-state index contributed by atoms with van der Waals surface area (Å²) in [4.78, 5) is 4.58. The third-order valence-corrected chi connectivity index (χ3v) is 3.53. The van der Waals surface area contributed by atoms with Gasteiger partial charge >= 0.3 is 0 Å². The molecule has 0 spiro atoms. The van der Waals surface area contributed by atoms with Gasteiger partial charge in [0.25, 0.3) is 0 Å². The lowest BCUT2D eigenvalue weighted by molar-refractivity contribution is 0.553. The first-order valence-electron chi connectivity index (χ1n) is 7.32. The molecule has 3 rings (SSSR count). The van der Waals surface area contributed by atoms with E-state index in [-0.39, 0.29) is 0 Å². The van der Waals surface area contributed by atoms with Crippen molar-refractivity contribution in [1.29, 1.82) is 5.26 Å². The van der Waals surface area contributed by atoms with Gasteiger partial charge in [-0.15, -0.1) is 0 Å². The van der Waals surface area contributed by atoms with E-state index in [4.69, 9.17) is 21.6 Å². The Bertz CT molecular complexity index is 880. The number of benzene rings is 3. The SMILES string of the molecule is N#Cc1ccc(OC(=Nc2ccccc2)c2ccc(Cl)cc2)cc1. The van der Waals surface area contributed by atoms with Crippen LogP contribution in [0.5, 0.6) is 5.75 Å². The van der Waals surface area contributed by atoms with Crippen LogP contribution in [0.3, 0.4) is 0 Å². The molecular formula is C20H13ClN2O. The van der Waals surface area contributed by atoms with Gasteiger partial charge in [0, 0.05) is 10.6 Å². The van der Waals surface area contributed by atoms with Crippen molar-refractivity contribution in [3.05, 3.63) is 95.0 Å². The van der Waals surface area contributed by atoms with Gasteiger partial charge in [0.05, 0.1) is 17.3 Å². The van der Waals surface area contributed by atoms with E-state index in [0.717, 1.165) is 11.3 Å². The average Bonchev–Trinajstić information content (AvgIpc) is 2.63. The van der Waals surface area contributed by atoms with Crippen molar-refractivity contribution in [3.8, 4) is 11.8 Å². The summed E-state index contributed by atoms with van der Waals surface area (Å²) in [5.41, 5.74) is 2.18. The van der Waals surface area contributed by atoms with Gasteiger partial charge < -0.3 is 4.74 Å². The van der Waals surface area contributed by atoms with Crippen LogP contribution in [0.25, 0.3) is 0 Å². The van der Waals surface area contributed by atoms with Gasteiger partial charge in [0.1, 0.15) is 5.75 Å². The van der Waals surface area contributed by atoms with Gasteiger partial charge in [-0.25, -0.2) is 4.99 Å². The van der Waals surface area contributed by atoms with Crippen LogP contribution in [-0.4, -0.2) is 5.90 Å². The number of nitrogens with zero attached hydrogens (tertiary/aromatic N) is 2. The summed E-state index contributed by atoms with van der Waals surface area (Å²) in [5, 5.41) is 9.53. The minimum absolute atomic E-state index is 0.461. The first kappa shape index (κ1) is 15.8. The van der Waals surface area contributed by atoms with Gasteiger partial charge in [-0.2, -0.15) is 5.26 Å². The molecule has 3 aromatic carbocycles. The maximum atomic E-state index is 8.88. The number of hydrogen-bond acceptors (Lipinski definition) is 3. The fourth-order valence-electron chi connectivity index (χ4n) is 2.07. The van der Waals surface area contributed by atoms with E-state index in [1.54, 1.807) is 36.4 Å². The molecule has 0 aliphatic rings. The van der Waals surface area contributed by atoms with E-state index in [1.165, 1.54) is 0 Å². The highest BCUT2D eigenvalue weighted by Crippen LogP contribution is 2.19. The maximum absolute atomic E-state index is 8.88. The standard InChI is InChI=1S/C20H13ClN2O/c21-17-10-8-16(9-11-17)20(23-18-4-2-1-3-5-18)24-19-12-6-15(14-22)7-13-19/h1-13H. The van der Waals surface area contributed by atoms with Crippen LogP contribution < -0.4 is 4.74 Å². The van der Waals surface area contributed by atoms with Gasteiger partial charge in [0.2, 0.25) is 5.90 Å². The third-order valence-electron chi connectivity index (χ3n) is 3.28. The summed E-state index contributed by atoms with van der Waals surface area (Å²) in [6, 6.07) is 25.8. The van der Waals surface area contributed by atoms with Crippen molar-refractivity contribution in [2.24, 2.45) is 4.99 Å². The molecule has 0 aromatic heterocycles. The minimum Gasteiger partial charge on any atom is -0.438 e. The van der Waals surface area contributed by atoms with Gasteiger partial charge in [-0.1, -0.05) is 29.8 Å². The monoisotopic (exact) mass is 332 g/mol. The highest BCUT2D eigenvalue weighted by Gasteiger charge is 2.08. The van der Waals surface area contributed by atoms with Crippen molar-refractivity contribution >= 4 is 23.2 Å². The average molecular weight is 333 g/mol. The second-order valence-corrected chi connectivity index (χ2v) is 5.43. The highest BCUT2D eigenvalue weighted by atomic mass is 35.5. The molecular weight excluding hydrogens is 320 g/mol. The van der Waals surface area contributed by atoms with Crippen LogP contribution in [0, 0.1) is 11.3 Å². The van der Waals surface area contributed by atoms with E-state index in [9.17, 15) is 0 Å². The lowest BCUT2D eigenvalue weighted by atomic mass is 10.2. The molecule has 24 heavy (non-hydrogen) atoms. The minimum atomic E-state index is 0.461. The Labute approximate surface area is 145 Å². The van der Waals surface area contributed by atoms with Crippen molar-refractivity contribution < 1.29 is 4.74 Å². The topological polar surface area (TPSA) is 45.4 Å². The molecule has 0 heterocycles. The maximum Gasteiger partial charge on any atom is 0.227 e. The Morgan fingerprint density at radius 1 is 0.875 bits per heavy atom. The van der Waals surface area contributed by atoms with Crippen LogP contribution >= 0.6 is 11.6 Å². The van der Waals surface area contributed by atoms with Crippen LogP contribution in [0.15, 0.2) is 83.9 Å². The van der Waals surface area contributed by atoms with E-state index < -0.39 is 0 Å². The third kappa shape index (κ3) is 4.01. The summed E-state index contributed by atoms with van der Waals surface area (Å²) in [6.45, 7) is 0. The van der Waals surface area contributed by atoms with Gasteiger partial charge in [-0.05, 0) is 60.7 Å². The first-order chi connectivity index (χ1) is 11.7. The summed E-state index contributed by atoms with van der Waals surface area (Å²) in [7, 11) is 0. The molecule has 0 unspecified atom stereocenters. The molecule has 0 atom stereocenters. The zero-order valence-corrected chi connectivity index (χ0v) is 13.4. The van der Waals surface area contributed by atoms with Crippen LogP contribution in [-0.2, 0) is 0 Å². The van der Waals surface area contributed by atoms with Crippen molar-refractivity contribution in [2.75, 3.05) is 0 Å². The van der Waals surface area contributed by atoms with Crippen molar-refractivity contribution in [2.45, 2.75) is 0 Å². The normalized spacial score (nSPS) is 10.9. The number of para-hydroxylation sites is 1. The Morgan fingerprint density at radius 3 is 2.17 bits per heavy atom. The molecule has 0 amide bonds. The zero-order valence-electron chi connectivity index (χ0n) is 12.7. The Hall–Kier alpha value is -3.09. The fourth-order valence-corrected chi connectivity index (χ4v) is 2.19. The van der Waals surface area contributed by atoms with Gasteiger partial charge in [-0.3, -0.25) is 0 Å². The molecule has 0 aliphatic heterocycles. The number of rotatable bonds is 3. The van der Waals surface area contributed by atoms with Crippen LogP contribution in [0.2, 0.25) is 5.02 Å². The number of ether oxygens (including phenoxy) is 1.